The van der Waals surface area contributed by atoms with Crippen molar-refractivity contribution in [1.82, 2.24) is 15.4 Å². The number of benzene rings is 1. The minimum Gasteiger partial charge on any atom is -0.398 e. The number of carbonyl (C=O) groups is 1. The van der Waals surface area contributed by atoms with Crippen molar-refractivity contribution in [3.8, 4) is 0 Å². The Labute approximate surface area is 177 Å². The Morgan fingerprint density at radius 3 is 2.71 bits per heavy atom. The van der Waals surface area contributed by atoms with E-state index in [1.54, 1.807) is 0 Å². The third-order valence-electron chi connectivity index (χ3n) is 4.21. The van der Waals surface area contributed by atoms with Crippen LogP contribution < -0.4 is 22.1 Å². The SMILES string of the molecule is CN(OCCNC(=O)Cc1c(N)ccc(NCC(F)(F)c2ccccn2)c1F)C(=N)N. The number of hydrogen-bond acceptors (Lipinski definition) is 6. The predicted molar refractivity (Wildman–Crippen MR) is 110 cm³/mol. The standard InChI is InChI=1S/C19H24F3N7O2/c1-29(18(24)25)31-9-8-27-16(30)10-12-13(23)5-6-14(17(12)20)28-11-19(21,22)15-4-2-3-7-26-15/h2-7,28H,8-11,23H2,1H3,(H3,24,25)(H,27,30). The van der Waals surface area contributed by atoms with Crippen LogP contribution in [0.5, 0.6) is 0 Å². The second-order valence-electron chi connectivity index (χ2n) is 6.51. The summed E-state index contributed by atoms with van der Waals surface area (Å²) >= 11 is 0. The Balaban J connectivity index is 1.97. The smallest absolute Gasteiger partial charge is 0.306 e. The van der Waals surface area contributed by atoms with E-state index in [9.17, 15) is 18.0 Å². The van der Waals surface area contributed by atoms with Crippen molar-refractivity contribution in [1.29, 1.82) is 5.41 Å². The van der Waals surface area contributed by atoms with Crippen LogP contribution >= 0.6 is 0 Å². The Morgan fingerprint density at radius 1 is 1.32 bits per heavy atom. The Bertz CT molecular complexity index is 913. The van der Waals surface area contributed by atoms with Crippen LogP contribution in [0, 0.1) is 11.2 Å². The number of aromatic nitrogens is 1. The molecule has 0 bridgehead atoms. The number of nitrogens with two attached hydrogens (primary N) is 2. The maximum Gasteiger partial charge on any atom is 0.306 e. The summed E-state index contributed by atoms with van der Waals surface area (Å²) in [5, 5.41) is 13.0. The molecule has 1 amide bonds. The van der Waals surface area contributed by atoms with Gasteiger partial charge in [-0.1, -0.05) is 6.07 Å². The molecular formula is C19H24F3N7O2. The van der Waals surface area contributed by atoms with E-state index in [-0.39, 0.29) is 36.0 Å². The minimum atomic E-state index is -3.33. The summed E-state index contributed by atoms with van der Waals surface area (Å²) in [7, 11) is 1.43. The summed E-state index contributed by atoms with van der Waals surface area (Å²) in [6, 6.07) is 6.68. The lowest BCUT2D eigenvalue weighted by molar-refractivity contribution is -0.122. The van der Waals surface area contributed by atoms with Gasteiger partial charge in [0.2, 0.25) is 11.9 Å². The van der Waals surface area contributed by atoms with Crippen molar-refractivity contribution in [2.24, 2.45) is 5.73 Å². The topological polar surface area (TPSA) is 142 Å². The molecule has 0 fully saturated rings. The number of guanidine groups is 1. The van der Waals surface area contributed by atoms with E-state index in [1.807, 2.05) is 0 Å². The van der Waals surface area contributed by atoms with Crippen LogP contribution in [0.4, 0.5) is 24.5 Å². The van der Waals surface area contributed by atoms with Gasteiger partial charge in [0.05, 0.1) is 25.3 Å². The number of halogens is 3. The number of carbonyl (C=O) groups excluding carboxylic acids is 1. The second kappa shape index (κ2) is 10.5. The van der Waals surface area contributed by atoms with E-state index in [0.29, 0.717) is 0 Å². The number of hydroxylamine groups is 2. The van der Waals surface area contributed by atoms with Gasteiger partial charge in [0.1, 0.15) is 5.69 Å². The largest absolute Gasteiger partial charge is 0.398 e. The van der Waals surface area contributed by atoms with Crippen molar-refractivity contribution < 1.29 is 22.8 Å². The number of amides is 1. The molecule has 0 spiro atoms. The molecule has 1 heterocycles. The first-order chi connectivity index (χ1) is 14.6. The first-order valence-electron chi connectivity index (χ1n) is 9.19. The molecule has 0 aliphatic heterocycles. The van der Waals surface area contributed by atoms with Gasteiger partial charge in [-0.15, -0.1) is 0 Å². The summed E-state index contributed by atoms with van der Waals surface area (Å²) < 4.78 is 43.3. The maximum atomic E-state index is 14.8. The van der Waals surface area contributed by atoms with Crippen LogP contribution in [-0.2, 0) is 22.0 Å². The van der Waals surface area contributed by atoms with Crippen LogP contribution in [0.25, 0.3) is 0 Å². The summed E-state index contributed by atoms with van der Waals surface area (Å²) in [5.41, 5.74) is 10.2. The molecule has 168 valence electrons. The van der Waals surface area contributed by atoms with Gasteiger partial charge in [0.25, 0.3) is 0 Å². The van der Waals surface area contributed by atoms with E-state index < -0.39 is 36.3 Å². The van der Waals surface area contributed by atoms with Crippen LogP contribution in [0.1, 0.15) is 11.3 Å². The van der Waals surface area contributed by atoms with Crippen molar-refractivity contribution in [3.63, 3.8) is 0 Å². The van der Waals surface area contributed by atoms with Gasteiger partial charge in [0.15, 0.2) is 5.82 Å². The lowest BCUT2D eigenvalue weighted by Crippen LogP contribution is -2.36. The third-order valence-corrected chi connectivity index (χ3v) is 4.21. The van der Waals surface area contributed by atoms with Crippen molar-refractivity contribution in [3.05, 3.63) is 53.6 Å². The molecule has 1 aromatic carbocycles. The Morgan fingerprint density at radius 2 is 2.06 bits per heavy atom. The average Bonchev–Trinajstić information content (AvgIpc) is 2.74. The molecule has 0 radical (unpaired) electrons. The predicted octanol–water partition coefficient (Wildman–Crippen LogP) is 1.42. The number of pyridine rings is 1. The van der Waals surface area contributed by atoms with E-state index in [1.165, 1.54) is 43.6 Å². The highest BCUT2D eigenvalue weighted by molar-refractivity contribution is 5.81. The van der Waals surface area contributed by atoms with E-state index >= 15 is 0 Å². The highest BCUT2D eigenvalue weighted by atomic mass is 19.3. The zero-order valence-corrected chi connectivity index (χ0v) is 16.8. The minimum absolute atomic E-state index is 0.0160. The Hall–Kier alpha value is -3.54. The number of nitrogens with zero attached hydrogens (tertiary/aromatic N) is 2. The van der Waals surface area contributed by atoms with Gasteiger partial charge in [0, 0.05) is 31.0 Å². The maximum absolute atomic E-state index is 14.8. The number of nitrogens with one attached hydrogen (secondary N) is 3. The molecule has 0 atom stereocenters. The molecule has 0 saturated heterocycles. The zero-order chi connectivity index (χ0) is 23.0. The summed E-state index contributed by atoms with van der Waals surface area (Å²) in [6.07, 6.45) is 0.847. The van der Waals surface area contributed by atoms with Crippen molar-refractivity contribution >= 4 is 23.2 Å². The monoisotopic (exact) mass is 439 g/mol. The fourth-order valence-corrected chi connectivity index (χ4v) is 2.49. The second-order valence-corrected chi connectivity index (χ2v) is 6.51. The Kier molecular flexibility index (Phi) is 8.02. The quantitative estimate of drug-likeness (QED) is 0.124. The molecule has 0 saturated carbocycles. The normalized spacial score (nSPS) is 11.1. The molecule has 9 nitrogen and oxygen atoms in total. The number of anilines is 2. The molecule has 12 heteroatoms. The van der Waals surface area contributed by atoms with Gasteiger partial charge in [-0.3, -0.25) is 20.0 Å². The molecule has 2 aromatic rings. The highest BCUT2D eigenvalue weighted by Crippen LogP contribution is 2.29. The first kappa shape index (κ1) is 23.7. The number of rotatable bonds is 10. The number of hydrogen-bond donors (Lipinski definition) is 5. The molecular weight excluding hydrogens is 415 g/mol. The zero-order valence-electron chi connectivity index (χ0n) is 16.8. The third kappa shape index (κ3) is 6.74. The van der Waals surface area contributed by atoms with Crippen LogP contribution in [0.3, 0.4) is 0 Å². The van der Waals surface area contributed by atoms with Gasteiger partial charge in [-0.25, -0.2) is 9.45 Å². The highest BCUT2D eigenvalue weighted by Gasteiger charge is 2.33. The van der Waals surface area contributed by atoms with E-state index in [4.69, 9.17) is 21.7 Å². The molecule has 31 heavy (non-hydrogen) atoms. The fourth-order valence-electron chi connectivity index (χ4n) is 2.49. The molecule has 0 aliphatic carbocycles. The molecule has 2 rings (SSSR count). The van der Waals surface area contributed by atoms with Crippen molar-refractivity contribution in [2.75, 3.05) is 37.8 Å². The molecule has 0 unspecified atom stereocenters. The summed E-state index contributed by atoms with van der Waals surface area (Å²) in [6.45, 7) is -0.784. The lowest BCUT2D eigenvalue weighted by Gasteiger charge is -2.19. The van der Waals surface area contributed by atoms with Gasteiger partial charge >= 0.3 is 5.92 Å². The van der Waals surface area contributed by atoms with Gasteiger partial charge in [-0.05, 0) is 24.3 Å². The van der Waals surface area contributed by atoms with E-state index in [0.717, 1.165) is 5.06 Å². The lowest BCUT2D eigenvalue weighted by atomic mass is 10.1. The molecule has 7 N–H and O–H groups in total. The summed E-state index contributed by atoms with van der Waals surface area (Å²) in [4.78, 5) is 20.8. The van der Waals surface area contributed by atoms with E-state index in [2.05, 4.69) is 15.6 Å². The summed E-state index contributed by atoms with van der Waals surface area (Å²) in [5.74, 6) is -5.08. The van der Waals surface area contributed by atoms with Gasteiger partial charge in [-0.2, -0.15) is 8.78 Å². The van der Waals surface area contributed by atoms with Crippen LogP contribution in [0.15, 0.2) is 36.5 Å². The van der Waals surface area contributed by atoms with Crippen LogP contribution in [-0.4, -0.2) is 48.7 Å². The fraction of sp³-hybridized carbons (Fsp3) is 0.316. The molecule has 0 aliphatic rings. The average molecular weight is 439 g/mol. The molecule has 1 aromatic heterocycles. The van der Waals surface area contributed by atoms with Gasteiger partial charge < -0.3 is 22.1 Å². The van der Waals surface area contributed by atoms with Crippen LogP contribution in [0.2, 0.25) is 0 Å². The number of alkyl halides is 2. The number of nitrogen functional groups attached to an aromatic ring is 1. The first-order valence-corrected chi connectivity index (χ1v) is 9.19. The van der Waals surface area contributed by atoms with Crippen molar-refractivity contribution in [2.45, 2.75) is 12.3 Å².